The molecule has 2 aromatic rings. The first kappa shape index (κ1) is 16.2. The Bertz CT molecular complexity index is 676. The molecule has 0 radical (unpaired) electrons. The van der Waals surface area contributed by atoms with Crippen LogP contribution in [0.5, 0.6) is 0 Å². The third kappa shape index (κ3) is 3.47. The molecule has 1 amide bonds. The van der Waals surface area contributed by atoms with E-state index in [2.05, 4.69) is 24.3 Å². The highest BCUT2D eigenvalue weighted by Crippen LogP contribution is 2.31. The van der Waals surface area contributed by atoms with Crippen molar-refractivity contribution in [1.82, 2.24) is 19.7 Å². The summed E-state index contributed by atoms with van der Waals surface area (Å²) in [6, 6.07) is 0. The second-order valence-corrected chi connectivity index (χ2v) is 7.33. The fraction of sp³-hybridized carbons (Fsp3) is 0.588. The van der Waals surface area contributed by atoms with Gasteiger partial charge in [0, 0.05) is 37.1 Å². The monoisotopic (exact) mass is 332 g/mol. The van der Waals surface area contributed by atoms with Crippen LogP contribution in [-0.2, 0) is 6.54 Å². The number of likely N-dealkylation sites (tertiary alicyclic amines) is 1. The van der Waals surface area contributed by atoms with Gasteiger partial charge in [-0.3, -0.25) is 9.48 Å². The minimum absolute atomic E-state index is 0.0926. The number of aryl methyl sites for hydroxylation is 1. The minimum Gasteiger partial charge on any atom is -0.338 e. The highest BCUT2D eigenvalue weighted by molar-refractivity contribution is 7.09. The van der Waals surface area contributed by atoms with Crippen LogP contribution in [0, 0.1) is 0 Å². The summed E-state index contributed by atoms with van der Waals surface area (Å²) >= 11 is 1.74. The summed E-state index contributed by atoms with van der Waals surface area (Å²) < 4.78 is 1.80. The Hall–Kier alpha value is -1.69. The number of amides is 1. The van der Waals surface area contributed by atoms with Crippen molar-refractivity contribution >= 4 is 17.2 Å². The first-order valence-electron chi connectivity index (χ1n) is 8.35. The van der Waals surface area contributed by atoms with Gasteiger partial charge in [-0.05, 0) is 25.7 Å². The summed E-state index contributed by atoms with van der Waals surface area (Å²) in [4.78, 5) is 19.4. The van der Waals surface area contributed by atoms with Gasteiger partial charge in [-0.2, -0.15) is 5.10 Å². The lowest BCUT2D eigenvalue weighted by atomic mass is 9.98. The van der Waals surface area contributed by atoms with E-state index in [4.69, 9.17) is 4.98 Å². The van der Waals surface area contributed by atoms with Gasteiger partial charge in [0.1, 0.15) is 0 Å². The smallest absolute Gasteiger partial charge is 0.257 e. The number of hydrogen-bond donors (Lipinski definition) is 0. The fourth-order valence-electron chi connectivity index (χ4n) is 2.95. The predicted molar refractivity (Wildman–Crippen MR) is 92.0 cm³/mol. The SMILES string of the molecule is CCn1cc(C(=O)N2CCC[C@H](c3nc(C(C)C)cs3)C2)cn1. The molecule has 0 aromatic carbocycles. The number of piperidine rings is 1. The van der Waals surface area contributed by atoms with Gasteiger partial charge in [0.2, 0.25) is 0 Å². The van der Waals surface area contributed by atoms with E-state index in [0.29, 0.717) is 17.4 Å². The van der Waals surface area contributed by atoms with Gasteiger partial charge in [-0.15, -0.1) is 11.3 Å². The van der Waals surface area contributed by atoms with Gasteiger partial charge in [-0.25, -0.2) is 4.98 Å². The highest BCUT2D eigenvalue weighted by atomic mass is 32.1. The van der Waals surface area contributed by atoms with Crippen LogP contribution in [0.1, 0.15) is 66.5 Å². The second-order valence-electron chi connectivity index (χ2n) is 6.44. The van der Waals surface area contributed by atoms with Gasteiger partial charge >= 0.3 is 0 Å². The topological polar surface area (TPSA) is 51.0 Å². The molecule has 3 rings (SSSR count). The summed E-state index contributed by atoms with van der Waals surface area (Å²) in [5, 5.41) is 7.54. The normalized spacial score (nSPS) is 18.6. The Morgan fingerprint density at radius 2 is 2.30 bits per heavy atom. The number of thiazole rings is 1. The molecule has 1 atom stereocenters. The summed E-state index contributed by atoms with van der Waals surface area (Å²) in [6.07, 6.45) is 5.67. The zero-order valence-corrected chi connectivity index (χ0v) is 14.8. The molecule has 23 heavy (non-hydrogen) atoms. The van der Waals surface area contributed by atoms with Gasteiger partial charge in [0.15, 0.2) is 0 Å². The van der Waals surface area contributed by atoms with E-state index in [-0.39, 0.29) is 5.91 Å². The van der Waals surface area contributed by atoms with Crippen molar-refractivity contribution in [3.63, 3.8) is 0 Å². The molecule has 3 heterocycles. The van der Waals surface area contributed by atoms with Crippen molar-refractivity contribution in [1.29, 1.82) is 0 Å². The van der Waals surface area contributed by atoms with Crippen molar-refractivity contribution in [3.8, 4) is 0 Å². The molecule has 6 heteroatoms. The third-order valence-corrected chi connectivity index (χ3v) is 5.42. The lowest BCUT2D eigenvalue weighted by Crippen LogP contribution is -2.39. The summed E-state index contributed by atoms with van der Waals surface area (Å²) in [7, 11) is 0. The lowest BCUT2D eigenvalue weighted by molar-refractivity contribution is 0.0707. The molecule has 1 fully saturated rings. The third-order valence-electron chi connectivity index (χ3n) is 4.39. The average molecular weight is 332 g/mol. The van der Waals surface area contributed by atoms with E-state index >= 15 is 0 Å². The molecule has 0 bridgehead atoms. The number of aromatic nitrogens is 3. The Morgan fingerprint density at radius 1 is 1.48 bits per heavy atom. The van der Waals surface area contributed by atoms with Gasteiger partial charge in [0.05, 0.1) is 22.5 Å². The molecule has 2 aromatic heterocycles. The van der Waals surface area contributed by atoms with Gasteiger partial charge < -0.3 is 4.90 Å². The number of carbonyl (C=O) groups excluding carboxylic acids is 1. The number of rotatable bonds is 4. The van der Waals surface area contributed by atoms with E-state index in [1.54, 1.807) is 22.2 Å². The minimum atomic E-state index is 0.0926. The van der Waals surface area contributed by atoms with Crippen LogP contribution >= 0.6 is 11.3 Å². The summed E-state index contributed by atoms with van der Waals surface area (Å²) in [6.45, 7) is 8.73. The number of carbonyl (C=O) groups is 1. The molecule has 0 N–H and O–H groups in total. The standard InChI is InChI=1S/C17H24N4OS/c1-4-21-10-14(8-18-21)17(22)20-7-5-6-13(9-20)16-19-15(11-23-16)12(2)3/h8,10-13H,4-7,9H2,1-3H3/t13-/m0/s1. The molecular weight excluding hydrogens is 308 g/mol. The van der Waals surface area contributed by atoms with E-state index in [0.717, 1.165) is 38.2 Å². The molecule has 0 aliphatic carbocycles. The zero-order valence-electron chi connectivity index (χ0n) is 14.0. The molecule has 0 unspecified atom stereocenters. The molecule has 5 nitrogen and oxygen atoms in total. The van der Waals surface area contributed by atoms with E-state index in [1.807, 2.05) is 18.0 Å². The lowest BCUT2D eigenvalue weighted by Gasteiger charge is -2.31. The zero-order chi connectivity index (χ0) is 16.4. The van der Waals surface area contributed by atoms with E-state index < -0.39 is 0 Å². The molecule has 124 valence electrons. The molecule has 1 aliphatic heterocycles. The van der Waals surface area contributed by atoms with Crippen molar-refractivity contribution in [2.45, 2.75) is 52.0 Å². The maximum Gasteiger partial charge on any atom is 0.257 e. The molecule has 1 saturated heterocycles. The highest BCUT2D eigenvalue weighted by Gasteiger charge is 2.28. The van der Waals surface area contributed by atoms with Crippen molar-refractivity contribution < 1.29 is 4.79 Å². The molecule has 0 spiro atoms. The van der Waals surface area contributed by atoms with Gasteiger partial charge in [-0.1, -0.05) is 13.8 Å². The van der Waals surface area contributed by atoms with Crippen LogP contribution < -0.4 is 0 Å². The predicted octanol–water partition coefficient (Wildman–Crippen LogP) is 3.50. The Labute approximate surface area is 141 Å². The van der Waals surface area contributed by atoms with Crippen LogP contribution in [-0.4, -0.2) is 38.7 Å². The maximum atomic E-state index is 12.7. The Morgan fingerprint density at radius 3 is 2.96 bits per heavy atom. The summed E-state index contributed by atoms with van der Waals surface area (Å²) in [5.74, 6) is 0.919. The van der Waals surface area contributed by atoms with Crippen LogP contribution in [0.4, 0.5) is 0 Å². The van der Waals surface area contributed by atoms with Gasteiger partial charge in [0.25, 0.3) is 5.91 Å². The Balaban J connectivity index is 1.71. The van der Waals surface area contributed by atoms with Crippen molar-refractivity contribution in [2.75, 3.05) is 13.1 Å². The average Bonchev–Trinajstić information content (AvgIpc) is 3.23. The second kappa shape index (κ2) is 6.83. The largest absolute Gasteiger partial charge is 0.338 e. The Kier molecular flexibility index (Phi) is 4.80. The van der Waals surface area contributed by atoms with Crippen molar-refractivity contribution in [2.24, 2.45) is 0 Å². The van der Waals surface area contributed by atoms with E-state index in [9.17, 15) is 4.79 Å². The number of hydrogen-bond acceptors (Lipinski definition) is 4. The summed E-state index contributed by atoms with van der Waals surface area (Å²) in [5.41, 5.74) is 1.85. The quantitative estimate of drug-likeness (QED) is 0.861. The first-order chi connectivity index (χ1) is 11.1. The van der Waals surface area contributed by atoms with Crippen molar-refractivity contribution in [3.05, 3.63) is 34.0 Å². The number of nitrogens with zero attached hydrogens (tertiary/aromatic N) is 4. The molecular formula is C17H24N4OS. The van der Waals surface area contributed by atoms with Crippen LogP contribution in [0.3, 0.4) is 0 Å². The van der Waals surface area contributed by atoms with Crippen LogP contribution in [0.2, 0.25) is 0 Å². The molecule has 1 aliphatic rings. The fourth-order valence-corrected chi connectivity index (χ4v) is 4.06. The first-order valence-corrected chi connectivity index (χ1v) is 9.23. The maximum absolute atomic E-state index is 12.7. The molecule has 0 saturated carbocycles. The van der Waals surface area contributed by atoms with Crippen LogP contribution in [0.25, 0.3) is 0 Å². The van der Waals surface area contributed by atoms with E-state index in [1.165, 1.54) is 5.01 Å². The van der Waals surface area contributed by atoms with Crippen LogP contribution in [0.15, 0.2) is 17.8 Å².